The zero-order valence-corrected chi connectivity index (χ0v) is 13.4. The Balaban J connectivity index is 1.66. The summed E-state index contributed by atoms with van der Waals surface area (Å²) in [5, 5.41) is 5.79. The summed E-state index contributed by atoms with van der Waals surface area (Å²) in [5.41, 5.74) is 2.22. The molecule has 1 unspecified atom stereocenters. The zero-order chi connectivity index (χ0) is 16.8. The van der Waals surface area contributed by atoms with Crippen LogP contribution in [-0.2, 0) is 9.59 Å². The summed E-state index contributed by atoms with van der Waals surface area (Å²) in [6.07, 6.45) is 4.11. The maximum atomic E-state index is 12.4. The standard InChI is InChI=1S/C20H20N2O2/c23-19(21-17-10-3-1-4-11-17)15-8-7-9-16(14-15)20(24)22-18-12-5-2-6-13-18/h1-6,10-15H,7-9H2,(H,21,23)(H,22,24). The van der Waals surface area contributed by atoms with Crippen LogP contribution in [0.4, 0.5) is 11.4 Å². The van der Waals surface area contributed by atoms with Crippen LogP contribution >= 0.6 is 0 Å². The van der Waals surface area contributed by atoms with Crippen molar-refractivity contribution in [2.24, 2.45) is 5.92 Å². The molecule has 0 saturated heterocycles. The highest BCUT2D eigenvalue weighted by Crippen LogP contribution is 2.25. The average molecular weight is 320 g/mol. The number of nitrogens with one attached hydrogen (secondary N) is 2. The Hall–Kier alpha value is -2.88. The van der Waals surface area contributed by atoms with Gasteiger partial charge in [-0.3, -0.25) is 9.59 Å². The van der Waals surface area contributed by atoms with E-state index in [1.165, 1.54) is 0 Å². The highest BCUT2D eigenvalue weighted by molar-refractivity contribution is 6.05. The molecule has 4 heteroatoms. The molecular formula is C20H20N2O2. The molecule has 1 atom stereocenters. The molecule has 2 aromatic carbocycles. The Morgan fingerprint density at radius 2 is 1.42 bits per heavy atom. The molecule has 122 valence electrons. The number of benzene rings is 2. The van der Waals surface area contributed by atoms with Gasteiger partial charge >= 0.3 is 0 Å². The van der Waals surface area contributed by atoms with Crippen molar-refractivity contribution in [3.8, 4) is 0 Å². The molecule has 3 rings (SSSR count). The lowest BCUT2D eigenvalue weighted by Gasteiger charge is -2.20. The summed E-state index contributed by atoms with van der Waals surface area (Å²) in [5.74, 6) is -0.459. The minimum Gasteiger partial charge on any atom is -0.326 e. The first-order valence-corrected chi connectivity index (χ1v) is 8.15. The highest BCUT2D eigenvalue weighted by atomic mass is 16.2. The number of para-hydroxylation sites is 2. The summed E-state index contributed by atoms with van der Waals surface area (Å²) in [6.45, 7) is 0. The Morgan fingerprint density at radius 3 is 2.04 bits per heavy atom. The van der Waals surface area contributed by atoms with Crippen molar-refractivity contribution < 1.29 is 9.59 Å². The van der Waals surface area contributed by atoms with Gasteiger partial charge in [-0.05, 0) is 43.5 Å². The van der Waals surface area contributed by atoms with E-state index in [2.05, 4.69) is 10.6 Å². The van der Waals surface area contributed by atoms with E-state index < -0.39 is 0 Å². The molecule has 0 heterocycles. The molecule has 0 radical (unpaired) electrons. The Kier molecular flexibility index (Phi) is 5.06. The van der Waals surface area contributed by atoms with Gasteiger partial charge in [0, 0.05) is 16.9 Å². The van der Waals surface area contributed by atoms with Gasteiger partial charge in [-0.15, -0.1) is 0 Å². The van der Waals surface area contributed by atoms with Crippen LogP contribution in [0.3, 0.4) is 0 Å². The van der Waals surface area contributed by atoms with Gasteiger partial charge in [-0.25, -0.2) is 0 Å². The molecule has 2 amide bonds. The number of rotatable bonds is 4. The molecule has 24 heavy (non-hydrogen) atoms. The Morgan fingerprint density at radius 1 is 0.833 bits per heavy atom. The molecular weight excluding hydrogens is 300 g/mol. The molecule has 2 aromatic rings. The van der Waals surface area contributed by atoms with E-state index in [0.29, 0.717) is 12.0 Å². The van der Waals surface area contributed by atoms with Gasteiger partial charge in [0.15, 0.2) is 0 Å². The lowest BCUT2D eigenvalue weighted by Crippen LogP contribution is -2.26. The topological polar surface area (TPSA) is 58.2 Å². The van der Waals surface area contributed by atoms with Gasteiger partial charge in [0.1, 0.15) is 0 Å². The second-order valence-electron chi connectivity index (χ2n) is 5.87. The molecule has 0 saturated carbocycles. The van der Waals surface area contributed by atoms with Crippen LogP contribution in [-0.4, -0.2) is 11.8 Å². The zero-order valence-electron chi connectivity index (χ0n) is 13.4. The van der Waals surface area contributed by atoms with E-state index in [9.17, 15) is 9.59 Å². The lowest BCUT2D eigenvalue weighted by molar-refractivity contribution is -0.118. The van der Waals surface area contributed by atoms with E-state index in [-0.39, 0.29) is 17.7 Å². The smallest absolute Gasteiger partial charge is 0.251 e. The number of carbonyl (C=O) groups is 2. The second-order valence-corrected chi connectivity index (χ2v) is 5.87. The first-order chi connectivity index (χ1) is 11.7. The van der Waals surface area contributed by atoms with Crippen LogP contribution in [0, 0.1) is 5.92 Å². The van der Waals surface area contributed by atoms with Crippen LogP contribution in [0.25, 0.3) is 0 Å². The van der Waals surface area contributed by atoms with E-state index in [1.807, 2.05) is 60.7 Å². The van der Waals surface area contributed by atoms with Gasteiger partial charge < -0.3 is 10.6 Å². The summed E-state index contributed by atoms with van der Waals surface area (Å²) in [4.78, 5) is 24.8. The number of hydrogen-bond donors (Lipinski definition) is 2. The monoisotopic (exact) mass is 320 g/mol. The van der Waals surface area contributed by atoms with Gasteiger partial charge in [0.2, 0.25) is 5.91 Å². The third-order valence-corrected chi connectivity index (χ3v) is 4.07. The lowest BCUT2D eigenvalue weighted by atomic mass is 9.89. The molecule has 0 bridgehead atoms. The van der Waals surface area contributed by atoms with E-state index in [1.54, 1.807) is 6.08 Å². The van der Waals surface area contributed by atoms with E-state index in [4.69, 9.17) is 0 Å². The van der Waals surface area contributed by atoms with E-state index in [0.717, 1.165) is 24.2 Å². The van der Waals surface area contributed by atoms with Crippen LogP contribution in [0.2, 0.25) is 0 Å². The van der Waals surface area contributed by atoms with Crippen molar-refractivity contribution in [3.63, 3.8) is 0 Å². The first kappa shape index (κ1) is 16.0. The third kappa shape index (κ3) is 4.10. The van der Waals surface area contributed by atoms with E-state index >= 15 is 0 Å². The number of anilines is 2. The van der Waals surface area contributed by atoms with Gasteiger partial charge in [-0.1, -0.05) is 42.5 Å². The predicted molar refractivity (Wildman–Crippen MR) is 95.6 cm³/mol. The largest absolute Gasteiger partial charge is 0.326 e. The van der Waals surface area contributed by atoms with Crippen molar-refractivity contribution in [3.05, 3.63) is 72.3 Å². The van der Waals surface area contributed by atoms with Crippen molar-refractivity contribution in [2.45, 2.75) is 19.3 Å². The fourth-order valence-corrected chi connectivity index (χ4v) is 2.81. The van der Waals surface area contributed by atoms with Crippen molar-refractivity contribution in [1.29, 1.82) is 0 Å². The molecule has 0 aliphatic heterocycles. The first-order valence-electron chi connectivity index (χ1n) is 8.15. The molecule has 1 aliphatic carbocycles. The molecule has 0 spiro atoms. The fraction of sp³-hybridized carbons (Fsp3) is 0.200. The Bertz CT molecular complexity index is 739. The summed E-state index contributed by atoms with van der Waals surface area (Å²) >= 11 is 0. The third-order valence-electron chi connectivity index (χ3n) is 4.07. The average Bonchev–Trinajstić information content (AvgIpc) is 2.63. The number of amides is 2. The predicted octanol–water partition coefficient (Wildman–Crippen LogP) is 3.99. The number of hydrogen-bond acceptors (Lipinski definition) is 2. The molecule has 0 aromatic heterocycles. The SMILES string of the molecule is O=C(Nc1ccccc1)C1=CC(C(=O)Nc2ccccc2)CCC1. The van der Waals surface area contributed by atoms with Crippen LogP contribution in [0.15, 0.2) is 72.3 Å². The minimum atomic E-state index is -0.268. The normalized spacial score (nSPS) is 16.8. The summed E-state index contributed by atoms with van der Waals surface area (Å²) in [6, 6.07) is 18.7. The molecule has 2 N–H and O–H groups in total. The summed E-state index contributed by atoms with van der Waals surface area (Å²) in [7, 11) is 0. The van der Waals surface area contributed by atoms with Gasteiger partial charge in [-0.2, -0.15) is 0 Å². The van der Waals surface area contributed by atoms with Crippen molar-refractivity contribution >= 4 is 23.2 Å². The quantitative estimate of drug-likeness (QED) is 0.895. The Labute approximate surface area is 141 Å². The van der Waals surface area contributed by atoms with Gasteiger partial charge in [0.05, 0.1) is 5.92 Å². The van der Waals surface area contributed by atoms with Crippen LogP contribution in [0.1, 0.15) is 19.3 Å². The molecule has 4 nitrogen and oxygen atoms in total. The van der Waals surface area contributed by atoms with Gasteiger partial charge in [0.25, 0.3) is 5.91 Å². The van der Waals surface area contributed by atoms with Crippen molar-refractivity contribution in [2.75, 3.05) is 10.6 Å². The maximum absolute atomic E-state index is 12.4. The maximum Gasteiger partial charge on any atom is 0.251 e. The summed E-state index contributed by atoms with van der Waals surface area (Å²) < 4.78 is 0. The van der Waals surface area contributed by atoms with Crippen LogP contribution in [0.5, 0.6) is 0 Å². The number of carbonyl (C=O) groups excluding carboxylic acids is 2. The molecule has 0 fully saturated rings. The molecule has 1 aliphatic rings. The highest BCUT2D eigenvalue weighted by Gasteiger charge is 2.23. The minimum absolute atomic E-state index is 0.0640. The fourth-order valence-electron chi connectivity index (χ4n) is 2.81. The van der Waals surface area contributed by atoms with Crippen LogP contribution < -0.4 is 10.6 Å². The van der Waals surface area contributed by atoms with Crippen molar-refractivity contribution in [1.82, 2.24) is 0 Å². The second kappa shape index (κ2) is 7.59.